The summed E-state index contributed by atoms with van der Waals surface area (Å²) >= 11 is 5.69. The van der Waals surface area contributed by atoms with Gasteiger partial charge in [0.05, 0.1) is 6.61 Å². The molecule has 1 amide bonds. The van der Waals surface area contributed by atoms with E-state index in [-0.39, 0.29) is 6.61 Å². The molecule has 0 aliphatic carbocycles. The normalized spacial score (nSPS) is 25.1. The lowest BCUT2D eigenvalue weighted by Crippen LogP contribution is -2.62. The summed E-state index contributed by atoms with van der Waals surface area (Å²) in [5.74, 6) is 0.831. The van der Waals surface area contributed by atoms with Gasteiger partial charge in [0.15, 0.2) is 16.8 Å². The molecular formula is C22H32N4O6S. The van der Waals surface area contributed by atoms with Crippen molar-refractivity contribution in [3.05, 3.63) is 40.9 Å². The number of nitrogens with zero attached hydrogens (tertiary/aromatic N) is 3. The van der Waals surface area contributed by atoms with Crippen molar-refractivity contribution in [1.82, 2.24) is 19.7 Å². The maximum atomic E-state index is 11.8. The molecule has 3 rings (SSSR count). The van der Waals surface area contributed by atoms with Crippen LogP contribution in [-0.2, 0) is 22.7 Å². The van der Waals surface area contributed by atoms with Gasteiger partial charge >= 0.3 is 0 Å². The highest BCUT2D eigenvalue weighted by Gasteiger charge is 2.46. The lowest BCUT2D eigenvalue weighted by molar-refractivity contribution is -0.219. The van der Waals surface area contributed by atoms with E-state index < -0.39 is 43.1 Å². The second-order valence-corrected chi connectivity index (χ2v) is 8.42. The van der Waals surface area contributed by atoms with Crippen LogP contribution < -0.4 is 10.1 Å². The average Bonchev–Trinajstić information content (AvgIpc) is 3.11. The quantitative estimate of drug-likeness (QED) is 0.296. The summed E-state index contributed by atoms with van der Waals surface area (Å²) in [6.07, 6.45) is -1.93. The first-order chi connectivity index (χ1) is 15.9. The molecule has 182 valence electrons. The van der Waals surface area contributed by atoms with Crippen molar-refractivity contribution in [2.45, 2.75) is 76.8 Å². The van der Waals surface area contributed by atoms with Gasteiger partial charge in [0, 0.05) is 13.5 Å². The monoisotopic (exact) mass is 480 g/mol. The zero-order chi connectivity index (χ0) is 24.0. The van der Waals surface area contributed by atoms with Crippen LogP contribution in [0.3, 0.4) is 0 Å². The number of aliphatic hydroxyl groups is 3. The first kappa shape index (κ1) is 25.3. The second kappa shape index (κ2) is 11.7. The highest BCUT2D eigenvalue weighted by Crippen LogP contribution is 2.29. The first-order valence-electron chi connectivity index (χ1n) is 11.1. The second-order valence-electron chi connectivity index (χ2n) is 8.06. The zero-order valence-electron chi connectivity index (χ0n) is 18.8. The number of para-hydroxylation sites is 1. The molecule has 0 unspecified atom stereocenters. The third kappa shape index (κ3) is 5.98. The fourth-order valence-corrected chi connectivity index (χ4v) is 4.18. The lowest BCUT2D eigenvalue weighted by Gasteiger charge is -2.42. The van der Waals surface area contributed by atoms with Crippen LogP contribution in [0.1, 0.15) is 45.2 Å². The number of ether oxygens (including phenoxy) is 2. The highest BCUT2D eigenvalue weighted by atomic mass is 32.1. The van der Waals surface area contributed by atoms with Gasteiger partial charge in [-0.05, 0) is 30.8 Å². The Morgan fingerprint density at radius 3 is 2.61 bits per heavy atom. The number of carbonyl (C=O) groups is 1. The molecule has 2 aromatic rings. The summed E-state index contributed by atoms with van der Waals surface area (Å²) in [5, 5.41) is 37.8. The predicted molar refractivity (Wildman–Crippen MR) is 122 cm³/mol. The summed E-state index contributed by atoms with van der Waals surface area (Å²) in [7, 11) is 0. The topological polar surface area (TPSA) is 131 Å². The molecule has 0 saturated carbocycles. The molecule has 1 fully saturated rings. The maximum Gasteiger partial charge on any atom is 0.217 e. The SMILES string of the molecule is CCCCCn1c(COc2ccccc2)nn([C@@H]2O[C@H](CO)[C@@H](O)[C@H](O)[C@H]2NC(C)=O)c1=S. The van der Waals surface area contributed by atoms with Crippen LogP contribution in [0.25, 0.3) is 0 Å². The van der Waals surface area contributed by atoms with Gasteiger partial charge in [0.2, 0.25) is 5.91 Å². The van der Waals surface area contributed by atoms with Crippen LogP contribution in [0.5, 0.6) is 5.75 Å². The van der Waals surface area contributed by atoms with Crippen molar-refractivity contribution in [2.24, 2.45) is 0 Å². The van der Waals surface area contributed by atoms with E-state index in [0.29, 0.717) is 22.9 Å². The molecule has 0 radical (unpaired) electrons. The Morgan fingerprint density at radius 2 is 1.97 bits per heavy atom. The van der Waals surface area contributed by atoms with Gasteiger partial charge in [0.1, 0.15) is 36.7 Å². The van der Waals surface area contributed by atoms with Crippen LogP contribution >= 0.6 is 12.2 Å². The van der Waals surface area contributed by atoms with Crippen molar-refractivity contribution in [1.29, 1.82) is 0 Å². The Kier molecular flexibility index (Phi) is 8.98. The predicted octanol–water partition coefficient (Wildman–Crippen LogP) is 1.30. The standard InChI is InChI=1S/C22H32N4O6S/c1-3-4-8-11-25-17(13-31-15-9-6-5-7-10-15)24-26(22(25)33)21-18(23-14(2)28)20(30)19(29)16(12-27)32-21/h5-7,9-10,16,18-21,27,29-30H,3-4,8,11-13H2,1-2H3,(H,23,28)/t16-,18-,19-,20-,21-/m1/s1. The van der Waals surface area contributed by atoms with Crippen molar-refractivity contribution in [3.63, 3.8) is 0 Å². The molecule has 1 aromatic heterocycles. The third-order valence-electron chi connectivity index (χ3n) is 5.57. The van der Waals surface area contributed by atoms with Crippen LogP contribution in [0.15, 0.2) is 30.3 Å². The van der Waals surface area contributed by atoms with Crippen LogP contribution in [0, 0.1) is 4.77 Å². The van der Waals surface area contributed by atoms with Crippen molar-refractivity contribution in [3.8, 4) is 5.75 Å². The Morgan fingerprint density at radius 1 is 1.24 bits per heavy atom. The van der Waals surface area contributed by atoms with E-state index in [9.17, 15) is 20.1 Å². The lowest BCUT2D eigenvalue weighted by atomic mass is 9.96. The van der Waals surface area contributed by atoms with Crippen LogP contribution in [0.2, 0.25) is 0 Å². The molecule has 1 aromatic carbocycles. The van der Waals surface area contributed by atoms with Gasteiger partial charge in [-0.1, -0.05) is 38.0 Å². The molecule has 1 aliphatic rings. The molecule has 5 atom stereocenters. The van der Waals surface area contributed by atoms with Gasteiger partial charge in [0.25, 0.3) is 0 Å². The molecule has 2 heterocycles. The molecule has 0 spiro atoms. The minimum atomic E-state index is -1.39. The Labute approximate surface area is 197 Å². The molecule has 1 saturated heterocycles. The number of amides is 1. The summed E-state index contributed by atoms with van der Waals surface area (Å²) in [4.78, 5) is 11.8. The molecule has 0 bridgehead atoms. The van der Waals surface area contributed by atoms with Gasteiger partial charge in [-0.15, -0.1) is 0 Å². The fraction of sp³-hybridized carbons (Fsp3) is 0.591. The Bertz CT molecular complexity index is 966. The number of unbranched alkanes of at least 4 members (excludes halogenated alkanes) is 2. The molecule has 4 N–H and O–H groups in total. The number of aromatic nitrogens is 3. The highest BCUT2D eigenvalue weighted by molar-refractivity contribution is 7.71. The van der Waals surface area contributed by atoms with Gasteiger partial charge in [-0.2, -0.15) is 5.10 Å². The van der Waals surface area contributed by atoms with E-state index in [1.54, 1.807) is 0 Å². The number of aliphatic hydroxyl groups excluding tert-OH is 3. The summed E-state index contributed by atoms with van der Waals surface area (Å²) < 4.78 is 15.3. The summed E-state index contributed by atoms with van der Waals surface area (Å²) in [6.45, 7) is 3.66. The van der Waals surface area contributed by atoms with E-state index in [2.05, 4.69) is 17.3 Å². The third-order valence-corrected chi connectivity index (χ3v) is 5.98. The number of rotatable bonds is 10. The number of carbonyl (C=O) groups excluding carboxylic acids is 1. The van der Waals surface area contributed by atoms with E-state index in [1.165, 1.54) is 11.6 Å². The largest absolute Gasteiger partial charge is 0.486 e. The van der Waals surface area contributed by atoms with Gasteiger partial charge in [-0.3, -0.25) is 4.79 Å². The van der Waals surface area contributed by atoms with E-state index in [4.69, 9.17) is 21.7 Å². The van der Waals surface area contributed by atoms with Crippen molar-refractivity contribution in [2.75, 3.05) is 6.61 Å². The zero-order valence-corrected chi connectivity index (χ0v) is 19.6. The smallest absolute Gasteiger partial charge is 0.217 e. The molecular weight excluding hydrogens is 448 g/mol. The summed E-state index contributed by atoms with van der Waals surface area (Å²) in [6, 6.07) is 8.30. The van der Waals surface area contributed by atoms with Crippen molar-refractivity contribution >= 4 is 18.1 Å². The average molecular weight is 481 g/mol. The fourth-order valence-electron chi connectivity index (χ4n) is 3.83. The number of hydrogen-bond acceptors (Lipinski definition) is 8. The molecule has 11 heteroatoms. The Hall–Kier alpha value is -2.31. The summed E-state index contributed by atoms with van der Waals surface area (Å²) in [5.41, 5.74) is 0. The first-order valence-corrected chi connectivity index (χ1v) is 11.5. The molecule has 10 nitrogen and oxygen atoms in total. The molecule has 1 aliphatic heterocycles. The van der Waals surface area contributed by atoms with E-state index in [0.717, 1.165) is 19.3 Å². The number of hydrogen-bond donors (Lipinski definition) is 4. The van der Waals surface area contributed by atoms with Gasteiger partial charge < -0.3 is 34.7 Å². The number of benzene rings is 1. The van der Waals surface area contributed by atoms with Crippen LogP contribution in [0.4, 0.5) is 0 Å². The number of nitrogens with one attached hydrogen (secondary N) is 1. The van der Waals surface area contributed by atoms with Crippen LogP contribution in [-0.4, -0.2) is 66.5 Å². The maximum absolute atomic E-state index is 11.8. The van der Waals surface area contributed by atoms with Gasteiger partial charge in [-0.25, -0.2) is 4.68 Å². The molecule has 33 heavy (non-hydrogen) atoms. The van der Waals surface area contributed by atoms with E-state index in [1.807, 2.05) is 34.9 Å². The minimum absolute atomic E-state index is 0.152. The Balaban J connectivity index is 1.96. The van der Waals surface area contributed by atoms with E-state index >= 15 is 0 Å². The van der Waals surface area contributed by atoms with Crippen molar-refractivity contribution < 1.29 is 29.6 Å². The minimum Gasteiger partial charge on any atom is -0.486 e.